The van der Waals surface area contributed by atoms with Gasteiger partial charge in [0.1, 0.15) is 10.7 Å². The van der Waals surface area contributed by atoms with E-state index in [9.17, 15) is 14.0 Å². The first-order valence-electron chi connectivity index (χ1n) is 8.54. The molecule has 3 heterocycles. The summed E-state index contributed by atoms with van der Waals surface area (Å²) in [5.41, 5.74) is 0. The van der Waals surface area contributed by atoms with Crippen molar-refractivity contribution in [2.75, 3.05) is 13.1 Å². The van der Waals surface area contributed by atoms with Crippen molar-refractivity contribution < 1.29 is 18.4 Å². The van der Waals surface area contributed by atoms with E-state index in [1.165, 1.54) is 29.7 Å². The van der Waals surface area contributed by atoms with E-state index in [1.807, 2.05) is 0 Å². The minimum Gasteiger partial charge on any atom is -0.459 e. The van der Waals surface area contributed by atoms with Crippen molar-refractivity contribution in [2.24, 2.45) is 0 Å². The van der Waals surface area contributed by atoms with Gasteiger partial charge in [-0.3, -0.25) is 9.59 Å². The molecule has 140 valence electrons. The highest BCUT2D eigenvalue weighted by Crippen LogP contribution is 2.35. The number of nitrogens with zero attached hydrogens (tertiary/aromatic N) is 1. The van der Waals surface area contributed by atoms with Crippen LogP contribution in [0.15, 0.2) is 41.0 Å². The van der Waals surface area contributed by atoms with Crippen LogP contribution in [0, 0.1) is 5.82 Å². The largest absolute Gasteiger partial charge is 0.459 e. The Kier molecular flexibility index (Phi) is 4.88. The molecule has 0 aliphatic carbocycles. The number of thiophene rings is 1. The quantitative estimate of drug-likeness (QED) is 0.704. The molecule has 1 aliphatic heterocycles. The Morgan fingerprint density at radius 3 is 2.74 bits per heavy atom. The van der Waals surface area contributed by atoms with Gasteiger partial charge in [-0.1, -0.05) is 11.6 Å². The topological polar surface area (TPSA) is 62.6 Å². The third-order valence-corrected chi connectivity index (χ3v) is 6.30. The molecule has 1 fully saturated rings. The van der Waals surface area contributed by atoms with Gasteiger partial charge in [-0.2, -0.15) is 0 Å². The van der Waals surface area contributed by atoms with Gasteiger partial charge >= 0.3 is 0 Å². The highest BCUT2D eigenvalue weighted by molar-refractivity contribution is 7.21. The maximum absolute atomic E-state index is 13.4. The lowest BCUT2D eigenvalue weighted by Gasteiger charge is -2.31. The van der Waals surface area contributed by atoms with E-state index in [4.69, 9.17) is 16.0 Å². The zero-order valence-electron chi connectivity index (χ0n) is 14.2. The summed E-state index contributed by atoms with van der Waals surface area (Å²) in [7, 11) is 0. The Hall–Kier alpha value is -2.38. The van der Waals surface area contributed by atoms with Crippen molar-refractivity contribution in [1.29, 1.82) is 0 Å². The molecule has 0 unspecified atom stereocenters. The second-order valence-corrected chi connectivity index (χ2v) is 7.83. The van der Waals surface area contributed by atoms with Gasteiger partial charge in [-0.15, -0.1) is 11.3 Å². The summed E-state index contributed by atoms with van der Waals surface area (Å²) in [5.74, 6) is -0.445. The number of carbonyl (C=O) groups is 2. The molecule has 4 rings (SSSR count). The fourth-order valence-electron chi connectivity index (χ4n) is 3.22. The molecule has 3 aromatic rings. The number of carbonyl (C=O) groups excluding carboxylic acids is 2. The SMILES string of the molecule is O=C(NC1CCN(C(=O)c2ccco2)CC1)c1sc2cc(F)ccc2c1Cl. The van der Waals surface area contributed by atoms with Crippen LogP contribution < -0.4 is 5.32 Å². The molecule has 0 saturated carbocycles. The summed E-state index contributed by atoms with van der Waals surface area (Å²) < 4.78 is 19.2. The summed E-state index contributed by atoms with van der Waals surface area (Å²) in [6, 6.07) is 7.56. The smallest absolute Gasteiger partial charge is 0.289 e. The maximum Gasteiger partial charge on any atom is 0.289 e. The first-order valence-corrected chi connectivity index (χ1v) is 9.73. The minimum absolute atomic E-state index is 0.0452. The molecule has 1 N–H and O–H groups in total. The van der Waals surface area contributed by atoms with Crippen LogP contribution in [0.2, 0.25) is 5.02 Å². The maximum atomic E-state index is 13.4. The average molecular weight is 407 g/mol. The molecule has 2 aromatic heterocycles. The van der Waals surface area contributed by atoms with Crippen LogP contribution in [0.3, 0.4) is 0 Å². The van der Waals surface area contributed by atoms with Crippen LogP contribution in [0.25, 0.3) is 10.1 Å². The molecule has 1 aliphatic rings. The third kappa shape index (κ3) is 3.57. The number of likely N-dealkylation sites (tertiary alicyclic amines) is 1. The predicted molar refractivity (Wildman–Crippen MR) is 102 cm³/mol. The van der Waals surface area contributed by atoms with E-state index in [0.29, 0.717) is 51.7 Å². The van der Waals surface area contributed by atoms with Crippen LogP contribution in [-0.4, -0.2) is 35.8 Å². The second-order valence-electron chi connectivity index (χ2n) is 6.40. The van der Waals surface area contributed by atoms with E-state index in [1.54, 1.807) is 23.1 Å². The van der Waals surface area contributed by atoms with E-state index >= 15 is 0 Å². The van der Waals surface area contributed by atoms with Crippen LogP contribution in [0.1, 0.15) is 33.1 Å². The Morgan fingerprint density at radius 1 is 1.26 bits per heavy atom. The summed E-state index contributed by atoms with van der Waals surface area (Å²) in [4.78, 5) is 27.0. The van der Waals surface area contributed by atoms with E-state index in [0.717, 1.165) is 0 Å². The first kappa shape index (κ1) is 18.0. The standard InChI is InChI=1S/C19H16ClFN2O3S/c20-16-13-4-3-11(21)10-15(13)27-17(16)18(24)22-12-5-7-23(8-6-12)19(25)14-2-1-9-26-14/h1-4,9-10,12H,5-8H2,(H,22,24). The van der Waals surface area contributed by atoms with E-state index in [-0.39, 0.29) is 23.7 Å². The highest BCUT2D eigenvalue weighted by atomic mass is 35.5. The molecule has 2 amide bonds. The first-order chi connectivity index (χ1) is 13.0. The van der Waals surface area contributed by atoms with Gasteiger partial charge in [0.15, 0.2) is 5.76 Å². The van der Waals surface area contributed by atoms with Crippen molar-refractivity contribution in [3.8, 4) is 0 Å². The molecule has 0 bridgehead atoms. The van der Waals surface area contributed by atoms with Gasteiger partial charge in [0, 0.05) is 29.2 Å². The normalized spacial score (nSPS) is 15.3. The number of halogens is 2. The van der Waals surface area contributed by atoms with Crippen molar-refractivity contribution in [1.82, 2.24) is 10.2 Å². The lowest BCUT2D eigenvalue weighted by molar-refractivity contribution is 0.0667. The lowest BCUT2D eigenvalue weighted by atomic mass is 10.0. The summed E-state index contributed by atoms with van der Waals surface area (Å²) >= 11 is 7.49. The van der Waals surface area contributed by atoms with Gasteiger partial charge in [0.25, 0.3) is 11.8 Å². The highest BCUT2D eigenvalue weighted by Gasteiger charge is 2.27. The zero-order chi connectivity index (χ0) is 19.0. The number of furan rings is 1. The second kappa shape index (κ2) is 7.32. The minimum atomic E-state index is -0.360. The Balaban J connectivity index is 1.40. The molecular weight excluding hydrogens is 391 g/mol. The van der Waals surface area contributed by atoms with Gasteiger partial charge in [-0.25, -0.2) is 4.39 Å². The third-order valence-electron chi connectivity index (χ3n) is 4.65. The monoisotopic (exact) mass is 406 g/mol. The molecule has 8 heteroatoms. The van der Waals surface area contributed by atoms with Gasteiger partial charge in [0.05, 0.1) is 11.3 Å². The fraction of sp³-hybridized carbons (Fsp3) is 0.263. The van der Waals surface area contributed by atoms with Crippen LogP contribution >= 0.6 is 22.9 Å². The molecule has 27 heavy (non-hydrogen) atoms. The van der Waals surface area contributed by atoms with Crippen molar-refractivity contribution in [3.05, 3.63) is 58.1 Å². The lowest BCUT2D eigenvalue weighted by Crippen LogP contribution is -2.46. The number of benzene rings is 1. The van der Waals surface area contributed by atoms with Crippen LogP contribution in [0.4, 0.5) is 4.39 Å². The number of nitrogens with one attached hydrogen (secondary N) is 1. The number of hydrogen-bond donors (Lipinski definition) is 1. The van der Waals surface area contributed by atoms with Gasteiger partial charge in [-0.05, 0) is 43.2 Å². The Morgan fingerprint density at radius 2 is 2.04 bits per heavy atom. The van der Waals surface area contributed by atoms with Crippen molar-refractivity contribution >= 4 is 44.8 Å². The number of amides is 2. The predicted octanol–water partition coefficient (Wildman–Crippen LogP) is 4.32. The molecule has 0 radical (unpaired) electrons. The summed E-state index contributed by atoms with van der Waals surface area (Å²) in [5, 5.41) is 4.00. The zero-order valence-corrected chi connectivity index (χ0v) is 15.8. The van der Waals surface area contributed by atoms with Crippen molar-refractivity contribution in [2.45, 2.75) is 18.9 Å². The summed E-state index contributed by atoms with van der Waals surface area (Å²) in [6.45, 7) is 1.08. The molecule has 0 atom stereocenters. The molecule has 1 aromatic carbocycles. The Bertz CT molecular complexity index is 994. The van der Waals surface area contributed by atoms with Gasteiger partial charge in [0.2, 0.25) is 0 Å². The van der Waals surface area contributed by atoms with Gasteiger partial charge < -0.3 is 14.6 Å². The fourth-order valence-corrected chi connectivity index (χ4v) is 4.66. The van der Waals surface area contributed by atoms with Crippen LogP contribution in [0.5, 0.6) is 0 Å². The van der Waals surface area contributed by atoms with Crippen LogP contribution in [-0.2, 0) is 0 Å². The van der Waals surface area contributed by atoms with E-state index in [2.05, 4.69) is 5.32 Å². The number of fused-ring (bicyclic) bond motifs is 1. The molecule has 0 spiro atoms. The molecule has 1 saturated heterocycles. The number of rotatable bonds is 3. The molecular formula is C19H16ClFN2O3S. The van der Waals surface area contributed by atoms with Crippen molar-refractivity contribution in [3.63, 3.8) is 0 Å². The summed E-state index contributed by atoms with van der Waals surface area (Å²) in [6.07, 6.45) is 2.77. The Labute approximate surface area is 163 Å². The molecule has 5 nitrogen and oxygen atoms in total. The number of hydrogen-bond acceptors (Lipinski definition) is 4. The number of piperidine rings is 1. The van der Waals surface area contributed by atoms with E-state index < -0.39 is 0 Å². The average Bonchev–Trinajstić information content (AvgIpc) is 3.30.